The fourth-order valence-corrected chi connectivity index (χ4v) is 1.67. The van der Waals surface area contributed by atoms with Crippen LogP contribution in [0.25, 0.3) is 0 Å². The van der Waals surface area contributed by atoms with Gasteiger partial charge >= 0.3 is 12.1 Å². The van der Waals surface area contributed by atoms with Crippen LogP contribution in [-0.2, 0) is 9.53 Å². The third-order valence-corrected chi connectivity index (χ3v) is 3.01. The van der Waals surface area contributed by atoms with Crippen molar-refractivity contribution in [1.82, 2.24) is 0 Å². The largest absolute Gasteiger partial charge is 0.502 e. The monoisotopic (exact) mass is 332 g/mol. The van der Waals surface area contributed by atoms with E-state index < -0.39 is 12.1 Å². The third-order valence-electron chi connectivity index (χ3n) is 3.01. The van der Waals surface area contributed by atoms with E-state index in [0.717, 1.165) is 6.42 Å². The van der Waals surface area contributed by atoms with Gasteiger partial charge in [0, 0.05) is 18.7 Å². The fourth-order valence-electron chi connectivity index (χ4n) is 1.67. The lowest BCUT2D eigenvalue weighted by molar-refractivity contribution is -0.216. The highest BCUT2D eigenvalue weighted by atomic mass is 19.3. The van der Waals surface area contributed by atoms with Crippen LogP contribution >= 0.6 is 0 Å². The van der Waals surface area contributed by atoms with E-state index in [1.807, 2.05) is 6.92 Å². The average Bonchev–Trinajstić information content (AvgIpc) is 2.52. The Balaban J connectivity index is 2.84. The number of anilines is 1. The first-order valence-electron chi connectivity index (χ1n) is 7.25. The molecule has 0 spiro atoms. The molecule has 1 rings (SSSR count). The Morgan fingerprint density at radius 2 is 2.09 bits per heavy atom. The highest BCUT2D eigenvalue weighted by Crippen LogP contribution is 2.32. The lowest BCUT2D eigenvalue weighted by atomic mass is 10.2. The summed E-state index contributed by atoms with van der Waals surface area (Å²) in [5.74, 6) is -1.66. The van der Waals surface area contributed by atoms with E-state index in [0.29, 0.717) is 18.0 Å². The predicted molar refractivity (Wildman–Crippen MR) is 82.0 cm³/mol. The van der Waals surface area contributed by atoms with Gasteiger partial charge in [-0.3, -0.25) is 0 Å². The van der Waals surface area contributed by atoms with E-state index in [1.54, 1.807) is 0 Å². The minimum atomic E-state index is -4.07. The van der Waals surface area contributed by atoms with Crippen molar-refractivity contribution in [1.29, 1.82) is 0 Å². The van der Waals surface area contributed by atoms with E-state index in [2.05, 4.69) is 14.8 Å². The lowest BCUT2D eigenvalue weighted by Gasteiger charge is -2.18. The molecular formula is C15H22F2N2O4. The Morgan fingerprint density at radius 3 is 2.65 bits per heavy atom. The number of methoxy groups -OCH3 is 1. The predicted octanol–water partition coefficient (Wildman–Crippen LogP) is 2.38. The van der Waals surface area contributed by atoms with E-state index in [4.69, 9.17) is 10.5 Å². The van der Waals surface area contributed by atoms with Gasteiger partial charge in [0.25, 0.3) is 0 Å². The number of rotatable bonds is 9. The third kappa shape index (κ3) is 5.55. The molecule has 0 aromatic heterocycles. The number of carbonyl (C=O) groups is 1. The summed E-state index contributed by atoms with van der Waals surface area (Å²) in [5.41, 5.74) is 6.39. The van der Waals surface area contributed by atoms with Gasteiger partial charge in [0.05, 0.1) is 19.4 Å². The van der Waals surface area contributed by atoms with E-state index >= 15 is 0 Å². The maximum atomic E-state index is 13.6. The summed E-state index contributed by atoms with van der Waals surface area (Å²) in [7, 11) is 1.40. The smallest absolute Gasteiger partial charge is 0.494 e. The van der Waals surface area contributed by atoms with Gasteiger partial charge < -0.3 is 25.3 Å². The van der Waals surface area contributed by atoms with Crippen LogP contribution in [0.15, 0.2) is 18.2 Å². The van der Waals surface area contributed by atoms with Crippen LogP contribution in [0.5, 0.6) is 11.5 Å². The van der Waals surface area contributed by atoms with Crippen LogP contribution in [0.3, 0.4) is 0 Å². The van der Waals surface area contributed by atoms with Gasteiger partial charge in [0.2, 0.25) is 0 Å². The van der Waals surface area contributed by atoms with Crippen LogP contribution in [-0.4, -0.2) is 38.4 Å². The van der Waals surface area contributed by atoms with Crippen LogP contribution < -0.4 is 20.5 Å². The molecule has 0 bridgehead atoms. The van der Waals surface area contributed by atoms with Crippen molar-refractivity contribution in [3.8, 4) is 11.5 Å². The number of hydrogen-bond acceptors (Lipinski definition) is 6. The number of esters is 1. The minimum absolute atomic E-state index is 0.0382. The standard InChI is InChI=1S/C15H22F2N2O4/c1-4-10(18)9-19-12-7-6-11(8-13(12)21-3)23-15(16,17)14(20)22-5-2/h6-8,10,19H,4-5,9,18H2,1-3H3/t10-/m0/s1. The molecule has 0 radical (unpaired) electrons. The SMILES string of the molecule is CCOC(=O)C(F)(F)Oc1ccc(NC[C@@H](N)CC)c(OC)c1. The molecule has 0 aliphatic heterocycles. The summed E-state index contributed by atoms with van der Waals surface area (Å²) in [5, 5.41) is 3.06. The molecule has 1 atom stereocenters. The summed E-state index contributed by atoms with van der Waals surface area (Å²) >= 11 is 0. The Hall–Kier alpha value is -2.09. The molecular weight excluding hydrogens is 310 g/mol. The van der Waals surface area contributed by atoms with E-state index in [-0.39, 0.29) is 18.4 Å². The van der Waals surface area contributed by atoms with Gasteiger partial charge in [-0.2, -0.15) is 8.78 Å². The first-order chi connectivity index (χ1) is 10.8. The first-order valence-corrected chi connectivity index (χ1v) is 7.25. The molecule has 0 saturated carbocycles. The molecule has 0 aliphatic carbocycles. The molecule has 0 fully saturated rings. The van der Waals surface area contributed by atoms with Gasteiger partial charge in [-0.05, 0) is 25.5 Å². The van der Waals surface area contributed by atoms with Gasteiger partial charge in [-0.15, -0.1) is 0 Å². The normalized spacial score (nSPS) is 12.4. The molecule has 0 aliphatic rings. The number of carbonyl (C=O) groups excluding carboxylic acids is 1. The summed E-state index contributed by atoms with van der Waals surface area (Å²) < 4.78 is 40.9. The second kappa shape index (κ2) is 8.52. The van der Waals surface area contributed by atoms with Crippen molar-refractivity contribution in [3.63, 3.8) is 0 Å². The van der Waals surface area contributed by atoms with Gasteiger partial charge in [-0.1, -0.05) is 6.92 Å². The van der Waals surface area contributed by atoms with Crippen molar-refractivity contribution in [2.45, 2.75) is 32.4 Å². The van der Waals surface area contributed by atoms with Crippen LogP contribution in [0, 0.1) is 0 Å². The van der Waals surface area contributed by atoms with Crippen LogP contribution in [0.4, 0.5) is 14.5 Å². The molecule has 8 heteroatoms. The molecule has 1 aromatic carbocycles. The van der Waals surface area contributed by atoms with Crippen LogP contribution in [0.1, 0.15) is 20.3 Å². The molecule has 1 aromatic rings. The molecule has 0 unspecified atom stereocenters. The topological polar surface area (TPSA) is 82.8 Å². The zero-order chi connectivity index (χ0) is 17.5. The van der Waals surface area contributed by atoms with Crippen molar-refractivity contribution in [2.75, 3.05) is 25.6 Å². The number of nitrogens with one attached hydrogen (secondary N) is 1. The number of benzene rings is 1. The van der Waals surface area contributed by atoms with Gasteiger partial charge in [0.15, 0.2) is 0 Å². The Kier molecular flexibility index (Phi) is 7.02. The summed E-state index contributed by atoms with van der Waals surface area (Å²) in [6.45, 7) is 3.73. The van der Waals surface area contributed by atoms with E-state index in [9.17, 15) is 13.6 Å². The minimum Gasteiger partial charge on any atom is -0.494 e. The van der Waals surface area contributed by atoms with Crippen LogP contribution in [0.2, 0.25) is 0 Å². The molecule has 23 heavy (non-hydrogen) atoms. The Labute approximate surface area is 133 Å². The summed E-state index contributed by atoms with van der Waals surface area (Å²) in [6.07, 6.45) is -3.27. The quantitative estimate of drug-likeness (QED) is 0.676. The van der Waals surface area contributed by atoms with E-state index in [1.165, 1.54) is 32.2 Å². The lowest BCUT2D eigenvalue weighted by Crippen LogP contribution is -2.36. The van der Waals surface area contributed by atoms with Gasteiger partial charge in [0.1, 0.15) is 11.5 Å². The summed E-state index contributed by atoms with van der Waals surface area (Å²) in [6, 6.07) is 4.03. The molecule has 0 heterocycles. The number of halogens is 2. The average molecular weight is 332 g/mol. The molecule has 0 saturated heterocycles. The van der Waals surface area contributed by atoms with Gasteiger partial charge in [-0.25, -0.2) is 4.79 Å². The molecule has 6 nitrogen and oxygen atoms in total. The Bertz CT molecular complexity index is 526. The number of hydrogen-bond donors (Lipinski definition) is 2. The maximum absolute atomic E-state index is 13.6. The first kappa shape index (κ1) is 19.0. The van der Waals surface area contributed by atoms with Crippen molar-refractivity contribution in [2.24, 2.45) is 5.73 Å². The number of ether oxygens (including phenoxy) is 3. The summed E-state index contributed by atoms with van der Waals surface area (Å²) in [4.78, 5) is 11.1. The van der Waals surface area contributed by atoms with Crippen molar-refractivity contribution < 1.29 is 27.8 Å². The molecule has 0 amide bonds. The maximum Gasteiger partial charge on any atom is 0.502 e. The zero-order valence-corrected chi connectivity index (χ0v) is 13.4. The second-order valence-corrected chi connectivity index (χ2v) is 4.75. The Morgan fingerprint density at radius 1 is 1.39 bits per heavy atom. The molecule has 130 valence electrons. The zero-order valence-electron chi connectivity index (χ0n) is 13.4. The molecule has 3 N–H and O–H groups in total. The highest BCUT2D eigenvalue weighted by molar-refractivity contribution is 5.76. The second-order valence-electron chi connectivity index (χ2n) is 4.75. The highest BCUT2D eigenvalue weighted by Gasteiger charge is 2.44. The van der Waals surface area contributed by atoms with Crippen molar-refractivity contribution in [3.05, 3.63) is 18.2 Å². The number of nitrogens with two attached hydrogens (primary N) is 1. The van der Waals surface area contributed by atoms with Crippen molar-refractivity contribution >= 4 is 11.7 Å². The number of alkyl halides is 2. The fraction of sp³-hybridized carbons (Fsp3) is 0.533.